The molecule has 9 atom stereocenters. The van der Waals surface area contributed by atoms with Crippen LogP contribution in [0.15, 0.2) is 11.8 Å². The number of nitrogens with one attached hydrogen (secondary N) is 3. The van der Waals surface area contributed by atoms with Gasteiger partial charge >= 0.3 is 18.0 Å². The maximum Gasteiger partial charge on any atom is 0.325 e. The molecule has 2 aliphatic rings. The number of carbonyl (C=O) groups is 3. The SMILES string of the molecule is CC1=CN([C@@H]2O[C@H](COP(C)(=O)N[C@@H](C)C(=O)OC(C)C)C(C)(COP(C)(=O)N[C@@H](C)C(=O)OC(C)C)[C@H]2F)C(=O)NC1N. The van der Waals surface area contributed by atoms with E-state index >= 15 is 4.39 Å². The zero-order chi connectivity index (χ0) is 33.8. The lowest BCUT2D eigenvalue weighted by atomic mass is 9.82. The average molecular weight is 672 g/mol. The highest BCUT2D eigenvalue weighted by atomic mass is 31.2. The van der Waals surface area contributed by atoms with Crippen molar-refractivity contribution in [2.45, 2.75) is 104 Å². The number of nitrogens with zero attached hydrogens (tertiary/aromatic N) is 1. The van der Waals surface area contributed by atoms with Crippen molar-refractivity contribution in [3.8, 4) is 0 Å². The fourth-order valence-electron chi connectivity index (χ4n) is 4.40. The molecule has 254 valence electrons. The summed E-state index contributed by atoms with van der Waals surface area (Å²) < 4.78 is 70.4. The summed E-state index contributed by atoms with van der Waals surface area (Å²) in [5.74, 6) is -1.29. The first-order valence-corrected chi connectivity index (χ1v) is 18.5. The van der Waals surface area contributed by atoms with E-state index < -0.39 is 94.5 Å². The minimum atomic E-state index is -3.72. The van der Waals surface area contributed by atoms with Gasteiger partial charge in [0.1, 0.15) is 18.2 Å². The van der Waals surface area contributed by atoms with Gasteiger partial charge < -0.3 is 34.3 Å². The second-order valence-corrected chi connectivity index (χ2v) is 16.5. The molecule has 0 aliphatic carbocycles. The number of halogens is 1. The molecule has 0 aromatic rings. The second kappa shape index (κ2) is 15.1. The molecule has 0 radical (unpaired) electrons. The normalized spacial score (nSPS) is 29.8. The van der Waals surface area contributed by atoms with Crippen LogP contribution in [-0.4, -0.2) is 98.4 Å². The summed E-state index contributed by atoms with van der Waals surface area (Å²) in [7, 11) is -7.41. The Bertz CT molecular complexity index is 1190. The third-order valence-electron chi connectivity index (χ3n) is 6.90. The quantitative estimate of drug-likeness (QED) is 0.147. The minimum absolute atomic E-state index is 0.387. The largest absolute Gasteiger partial charge is 0.462 e. The molecule has 4 unspecified atom stereocenters. The second-order valence-electron chi connectivity index (χ2n) is 12.1. The van der Waals surface area contributed by atoms with Crippen LogP contribution in [0.25, 0.3) is 0 Å². The standard InChI is InChI=1S/C26H48FN5O10P2/c1-14(2)40-23(33)17(6)30-43(9,36)38-12-19-26(8,13-39-44(10,37)31-18(7)24(34)41-15(3)4)20(27)22(42-19)32-11-16(5)21(28)29-25(32)35/h11,14-15,17-22H,12-13,28H2,1-10H3,(H,29,35)(H,30,36)(H,31,37)/t17-,18-,19+,20-,21?,22+,26?,43?,44?/m0/s1. The van der Waals surface area contributed by atoms with Crippen molar-refractivity contribution in [1.82, 2.24) is 20.4 Å². The molecule has 0 aromatic heterocycles. The molecule has 15 nitrogen and oxygen atoms in total. The van der Waals surface area contributed by atoms with Crippen molar-refractivity contribution in [2.75, 3.05) is 26.5 Å². The Labute approximate surface area is 258 Å². The van der Waals surface area contributed by atoms with Gasteiger partial charge in [0.15, 0.2) is 12.4 Å². The fraction of sp³-hybridized carbons (Fsp3) is 0.808. The molecule has 2 rings (SSSR count). The van der Waals surface area contributed by atoms with Crippen molar-refractivity contribution in [3.05, 3.63) is 11.8 Å². The summed E-state index contributed by atoms with van der Waals surface area (Å²) in [4.78, 5) is 38.2. The molecule has 0 bridgehead atoms. The van der Waals surface area contributed by atoms with Gasteiger partial charge in [-0.2, -0.15) is 0 Å². The molecule has 1 fully saturated rings. The molecule has 1 saturated heterocycles. The highest BCUT2D eigenvalue weighted by Gasteiger charge is 2.58. The van der Waals surface area contributed by atoms with Crippen LogP contribution in [0.1, 0.15) is 55.4 Å². The van der Waals surface area contributed by atoms with Gasteiger partial charge in [0.05, 0.1) is 36.9 Å². The van der Waals surface area contributed by atoms with E-state index in [0.717, 1.165) is 4.90 Å². The summed E-state index contributed by atoms with van der Waals surface area (Å²) in [6.45, 7) is 14.2. The lowest BCUT2D eigenvalue weighted by Gasteiger charge is -2.35. The Balaban J connectivity index is 2.28. The molecular formula is C26H48FN5O10P2. The van der Waals surface area contributed by atoms with Crippen LogP contribution in [0.4, 0.5) is 9.18 Å². The Morgan fingerprint density at radius 3 is 2.00 bits per heavy atom. The monoisotopic (exact) mass is 671 g/mol. The summed E-state index contributed by atoms with van der Waals surface area (Å²) in [6, 6.07) is -2.68. The molecule has 44 heavy (non-hydrogen) atoms. The van der Waals surface area contributed by atoms with E-state index in [4.69, 9.17) is 29.0 Å². The molecule has 2 aliphatic heterocycles. The van der Waals surface area contributed by atoms with Crippen LogP contribution in [0, 0.1) is 5.41 Å². The summed E-state index contributed by atoms with van der Waals surface area (Å²) in [5.41, 5.74) is 4.79. The predicted molar refractivity (Wildman–Crippen MR) is 160 cm³/mol. The first kappa shape index (κ1) is 38.3. The highest BCUT2D eigenvalue weighted by molar-refractivity contribution is 7.56. The molecule has 5 N–H and O–H groups in total. The van der Waals surface area contributed by atoms with Crippen molar-refractivity contribution < 1.29 is 51.2 Å². The number of nitrogens with two attached hydrogens (primary N) is 1. The third-order valence-corrected chi connectivity index (χ3v) is 9.88. The van der Waals surface area contributed by atoms with E-state index in [-0.39, 0.29) is 6.10 Å². The smallest absolute Gasteiger partial charge is 0.325 e. The van der Waals surface area contributed by atoms with E-state index in [1.165, 1.54) is 40.3 Å². The number of hydrogen-bond acceptors (Lipinski definition) is 11. The number of rotatable bonds is 15. The van der Waals surface area contributed by atoms with Gasteiger partial charge in [0.2, 0.25) is 0 Å². The van der Waals surface area contributed by atoms with Gasteiger partial charge in [-0.3, -0.25) is 23.6 Å². The van der Waals surface area contributed by atoms with E-state index in [1.807, 2.05) is 0 Å². The molecule has 2 heterocycles. The molecule has 0 spiro atoms. The van der Waals surface area contributed by atoms with Crippen molar-refractivity contribution in [1.29, 1.82) is 0 Å². The van der Waals surface area contributed by atoms with E-state index in [9.17, 15) is 23.5 Å². The highest BCUT2D eigenvalue weighted by Crippen LogP contribution is 2.49. The van der Waals surface area contributed by atoms with Crippen molar-refractivity contribution in [2.24, 2.45) is 11.1 Å². The van der Waals surface area contributed by atoms with Crippen LogP contribution in [0.2, 0.25) is 0 Å². The van der Waals surface area contributed by atoms with Crippen LogP contribution >= 0.6 is 15.0 Å². The van der Waals surface area contributed by atoms with Crippen molar-refractivity contribution >= 4 is 33.0 Å². The third kappa shape index (κ3) is 10.3. The van der Waals surface area contributed by atoms with Gasteiger partial charge in [-0.25, -0.2) is 19.4 Å². The number of carbonyl (C=O) groups excluding carboxylic acids is 3. The Morgan fingerprint density at radius 2 is 1.52 bits per heavy atom. The number of hydrogen-bond donors (Lipinski definition) is 4. The van der Waals surface area contributed by atoms with Gasteiger partial charge in [-0.05, 0) is 54.0 Å². The van der Waals surface area contributed by atoms with E-state index in [2.05, 4.69) is 15.5 Å². The molecular weight excluding hydrogens is 623 g/mol. The van der Waals surface area contributed by atoms with Crippen LogP contribution < -0.4 is 21.2 Å². The fourth-order valence-corrected chi connectivity index (χ4v) is 7.11. The number of esters is 2. The lowest BCUT2D eigenvalue weighted by molar-refractivity contribution is -0.149. The summed E-state index contributed by atoms with van der Waals surface area (Å²) >= 11 is 0. The number of amides is 2. The van der Waals surface area contributed by atoms with Gasteiger partial charge in [0, 0.05) is 19.5 Å². The maximum absolute atomic E-state index is 16.4. The van der Waals surface area contributed by atoms with E-state index in [1.54, 1.807) is 34.6 Å². The van der Waals surface area contributed by atoms with Crippen LogP contribution in [-0.2, 0) is 42.0 Å². The molecule has 2 amide bonds. The first-order valence-electron chi connectivity index (χ1n) is 14.3. The molecule has 18 heteroatoms. The Morgan fingerprint density at radius 1 is 1.05 bits per heavy atom. The Kier molecular flexibility index (Phi) is 13.2. The predicted octanol–water partition coefficient (Wildman–Crippen LogP) is 2.81. The van der Waals surface area contributed by atoms with Gasteiger partial charge in [-0.1, -0.05) is 6.92 Å². The van der Waals surface area contributed by atoms with Gasteiger partial charge in [0.25, 0.3) is 15.0 Å². The van der Waals surface area contributed by atoms with Crippen molar-refractivity contribution in [3.63, 3.8) is 0 Å². The minimum Gasteiger partial charge on any atom is -0.462 e. The zero-order valence-corrected chi connectivity index (χ0v) is 28.8. The number of alkyl halides is 1. The maximum atomic E-state index is 16.4. The van der Waals surface area contributed by atoms with Crippen LogP contribution in [0.5, 0.6) is 0 Å². The number of urea groups is 1. The summed E-state index contributed by atoms with van der Waals surface area (Å²) in [6.07, 6.45) is -4.77. The first-order chi connectivity index (χ1) is 20.1. The Hall–Kier alpha value is -1.90. The molecule has 0 saturated carbocycles. The number of ether oxygens (including phenoxy) is 3. The molecule has 0 aromatic carbocycles. The topological polar surface area (TPSA) is 197 Å². The zero-order valence-electron chi connectivity index (χ0n) is 27.0. The average Bonchev–Trinajstić information content (AvgIpc) is 3.12. The van der Waals surface area contributed by atoms with E-state index in [0.29, 0.717) is 5.57 Å². The van der Waals surface area contributed by atoms with Crippen LogP contribution in [0.3, 0.4) is 0 Å². The van der Waals surface area contributed by atoms with Gasteiger partial charge in [-0.15, -0.1) is 0 Å². The summed E-state index contributed by atoms with van der Waals surface area (Å²) in [5, 5.41) is 7.71. The lowest BCUT2D eigenvalue weighted by Crippen LogP contribution is -2.56.